The van der Waals surface area contributed by atoms with Crippen molar-refractivity contribution in [2.45, 2.75) is 26.2 Å². The van der Waals surface area contributed by atoms with Gasteiger partial charge in [0.2, 0.25) is 5.91 Å². The third-order valence-corrected chi connectivity index (χ3v) is 4.54. The van der Waals surface area contributed by atoms with Crippen molar-refractivity contribution < 1.29 is 9.53 Å². The molecule has 2 aromatic carbocycles. The number of benzene rings is 2. The molecule has 0 aliphatic rings. The van der Waals surface area contributed by atoms with E-state index >= 15 is 0 Å². The first-order valence-corrected chi connectivity index (χ1v) is 8.61. The summed E-state index contributed by atoms with van der Waals surface area (Å²) in [5.74, 6) is 0.709. The Morgan fingerprint density at radius 2 is 1.92 bits per heavy atom. The Bertz CT molecular complexity index is 898. The van der Waals surface area contributed by atoms with Crippen molar-refractivity contribution in [1.82, 2.24) is 4.98 Å². The Morgan fingerprint density at radius 1 is 1.20 bits per heavy atom. The lowest BCUT2D eigenvalue weighted by atomic mass is 9.83. The highest BCUT2D eigenvalue weighted by Crippen LogP contribution is 2.33. The van der Waals surface area contributed by atoms with Gasteiger partial charge in [0.1, 0.15) is 5.75 Å². The molecule has 1 aromatic heterocycles. The average Bonchev–Trinajstić information content (AvgIpc) is 3.00. The van der Waals surface area contributed by atoms with Gasteiger partial charge in [-0.3, -0.25) is 4.79 Å². The minimum Gasteiger partial charge on any atom is -0.494 e. The number of hydrogen-bond acceptors (Lipinski definition) is 2. The molecule has 1 amide bonds. The molecule has 0 unspecified atom stereocenters. The average molecular weight is 357 g/mol. The number of aromatic nitrogens is 1. The largest absolute Gasteiger partial charge is 0.494 e. The van der Waals surface area contributed by atoms with Crippen LogP contribution in [0.25, 0.3) is 10.9 Å². The van der Waals surface area contributed by atoms with Crippen LogP contribution in [-0.4, -0.2) is 17.5 Å². The van der Waals surface area contributed by atoms with Crippen LogP contribution in [0.1, 0.15) is 26.3 Å². The summed E-state index contributed by atoms with van der Waals surface area (Å²) < 4.78 is 5.42. The molecular weight excluding hydrogens is 336 g/mol. The van der Waals surface area contributed by atoms with Gasteiger partial charge in [-0.05, 0) is 62.7 Å². The first kappa shape index (κ1) is 17.4. The highest BCUT2D eigenvalue weighted by Gasteiger charge is 2.32. The van der Waals surface area contributed by atoms with Gasteiger partial charge in [0.25, 0.3) is 0 Å². The van der Waals surface area contributed by atoms with E-state index in [1.165, 1.54) is 0 Å². The topological polar surface area (TPSA) is 54.1 Å². The molecule has 1 heterocycles. The zero-order valence-electron chi connectivity index (χ0n) is 14.5. The molecule has 0 saturated heterocycles. The molecule has 0 fully saturated rings. The molecule has 0 radical (unpaired) electrons. The summed E-state index contributed by atoms with van der Waals surface area (Å²) in [7, 11) is 0. The Morgan fingerprint density at radius 3 is 2.60 bits per heavy atom. The quantitative estimate of drug-likeness (QED) is 0.665. The summed E-state index contributed by atoms with van der Waals surface area (Å²) in [6.07, 6.45) is 1.87. The van der Waals surface area contributed by atoms with Gasteiger partial charge in [0, 0.05) is 27.8 Å². The Hall–Kier alpha value is -2.46. The minimum absolute atomic E-state index is 0.0764. The van der Waals surface area contributed by atoms with Crippen LogP contribution < -0.4 is 10.1 Å². The fraction of sp³-hybridized carbons (Fsp3) is 0.250. The summed E-state index contributed by atoms with van der Waals surface area (Å²) in [6.45, 7) is 6.37. The molecule has 3 aromatic rings. The number of aromatic amines is 1. The maximum absolute atomic E-state index is 12.9. The normalized spacial score (nSPS) is 11.5. The highest BCUT2D eigenvalue weighted by molar-refractivity contribution is 6.31. The van der Waals surface area contributed by atoms with E-state index < -0.39 is 5.41 Å². The van der Waals surface area contributed by atoms with Gasteiger partial charge in [0.05, 0.1) is 12.0 Å². The Balaban J connectivity index is 1.84. The number of nitrogens with one attached hydrogen (secondary N) is 2. The van der Waals surface area contributed by atoms with Gasteiger partial charge < -0.3 is 15.0 Å². The van der Waals surface area contributed by atoms with E-state index in [1.54, 1.807) is 0 Å². The van der Waals surface area contributed by atoms with Crippen LogP contribution in [-0.2, 0) is 10.2 Å². The van der Waals surface area contributed by atoms with E-state index in [0.29, 0.717) is 11.6 Å². The van der Waals surface area contributed by atoms with Gasteiger partial charge >= 0.3 is 0 Å². The van der Waals surface area contributed by atoms with E-state index in [9.17, 15) is 4.79 Å². The van der Waals surface area contributed by atoms with Gasteiger partial charge in [-0.1, -0.05) is 17.7 Å². The summed E-state index contributed by atoms with van der Waals surface area (Å²) in [5, 5.41) is 4.64. The van der Waals surface area contributed by atoms with Crippen molar-refractivity contribution >= 4 is 34.1 Å². The van der Waals surface area contributed by atoms with Crippen molar-refractivity contribution in [3.63, 3.8) is 0 Å². The van der Waals surface area contributed by atoms with Crippen molar-refractivity contribution in [2.75, 3.05) is 11.9 Å². The maximum Gasteiger partial charge on any atom is 0.234 e. The highest BCUT2D eigenvalue weighted by atomic mass is 35.5. The first-order valence-electron chi connectivity index (χ1n) is 8.23. The molecule has 2 N–H and O–H groups in total. The molecule has 3 rings (SSSR count). The second-order valence-corrected chi connectivity index (χ2v) is 6.87. The van der Waals surface area contributed by atoms with E-state index in [4.69, 9.17) is 16.3 Å². The van der Waals surface area contributed by atoms with Gasteiger partial charge in [-0.15, -0.1) is 0 Å². The zero-order valence-corrected chi connectivity index (χ0v) is 15.3. The summed E-state index contributed by atoms with van der Waals surface area (Å²) in [6, 6.07) is 13.0. The van der Waals surface area contributed by atoms with Crippen molar-refractivity contribution in [2.24, 2.45) is 0 Å². The van der Waals surface area contributed by atoms with Crippen molar-refractivity contribution in [3.05, 3.63) is 59.2 Å². The lowest BCUT2D eigenvalue weighted by Gasteiger charge is -2.23. The summed E-state index contributed by atoms with van der Waals surface area (Å²) >= 11 is 6.04. The van der Waals surface area contributed by atoms with Crippen LogP contribution in [0.5, 0.6) is 5.75 Å². The third kappa shape index (κ3) is 3.49. The molecular formula is C20H21ClN2O2. The fourth-order valence-electron chi connectivity index (χ4n) is 2.83. The smallest absolute Gasteiger partial charge is 0.234 e. The fourth-order valence-corrected chi connectivity index (χ4v) is 3.00. The molecule has 4 nitrogen and oxygen atoms in total. The van der Waals surface area contributed by atoms with Crippen LogP contribution in [0.15, 0.2) is 48.7 Å². The van der Waals surface area contributed by atoms with E-state index in [0.717, 1.165) is 27.9 Å². The van der Waals surface area contributed by atoms with Crippen LogP contribution in [0.4, 0.5) is 5.69 Å². The number of carbonyl (C=O) groups excluding carboxylic acids is 1. The van der Waals surface area contributed by atoms with Gasteiger partial charge in [-0.25, -0.2) is 0 Å². The van der Waals surface area contributed by atoms with Crippen molar-refractivity contribution in [1.29, 1.82) is 0 Å². The molecule has 0 spiro atoms. The lowest BCUT2D eigenvalue weighted by Crippen LogP contribution is -2.34. The molecule has 0 aliphatic heterocycles. The molecule has 25 heavy (non-hydrogen) atoms. The molecule has 130 valence electrons. The number of anilines is 1. The molecule has 0 atom stereocenters. The second kappa shape index (κ2) is 6.81. The monoisotopic (exact) mass is 356 g/mol. The van der Waals surface area contributed by atoms with Crippen LogP contribution in [0.3, 0.4) is 0 Å². The third-order valence-electron chi connectivity index (χ3n) is 4.31. The minimum atomic E-state index is -0.704. The van der Waals surface area contributed by atoms with Gasteiger partial charge in [0.15, 0.2) is 0 Å². The van der Waals surface area contributed by atoms with Crippen LogP contribution >= 0.6 is 11.6 Å². The number of ether oxygens (including phenoxy) is 1. The second-order valence-electron chi connectivity index (χ2n) is 6.43. The molecule has 5 heteroatoms. The number of hydrogen-bond donors (Lipinski definition) is 2. The summed E-state index contributed by atoms with van der Waals surface area (Å²) in [4.78, 5) is 16.1. The predicted molar refractivity (Wildman–Crippen MR) is 103 cm³/mol. The predicted octanol–water partition coefficient (Wildman–Crippen LogP) is 5.14. The SMILES string of the molecule is CCOc1ccc(NC(=O)C(C)(C)c2c[nH]c3cc(Cl)ccc23)cc1. The Kier molecular flexibility index (Phi) is 4.73. The number of carbonyl (C=O) groups is 1. The van der Waals surface area contributed by atoms with E-state index in [2.05, 4.69) is 10.3 Å². The Labute approximate surface area is 152 Å². The molecule has 0 aliphatic carbocycles. The number of H-pyrrole nitrogens is 1. The van der Waals surface area contributed by atoms with E-state index in [1.807, 2.05) is 69.4 Å². The number of amides is 1. The lowest BCUT2D eigenvalue weighted by molar-refractivity contribution is -0.120. The number of halogens is 1. The van der Waals surface area contributed by atoms with Crippen LogP contribution in [0.2, 0.25) is 5.02 Å². The maximum atomic E-state index is 12.9. The number of fused-ring (bicyclic) bond motifs is 1. The first-order chi connectivity index (χ1) is 11.9. The van der Waals surface area contributed by atoms with E-state index in [-0.39, 0.29) is 5.91 Å². The molecule has 0 bridgehead atoms. The standard InChI is InChI=1S/C20H21ClN2O2/c1-4-25-15-8-6-14(7-9-15)23-19(24)20(2,3)17-12-22-18-11-13(21)5-10-16(17)18/h5-12,22H,4H2,1-3H3,(H,23,24). The van der Waals surface area contributed by atoms with Crippen LogP contribution in [0, 0.1) is 0 Å². The summed E-state index contributed by atoms with van der Waals surface area (Å²) in [5.41, 5.74) is 1.89. The van der Waals surface area contributed by atoms with Gasteiger partial charge in [-0.2, -0.15) is 0 Å². The number of rotatable bonds is 5. The molecule has 0 saturated carbocycles. The van der Waals surface area contributed by atoms with Crippen molar-refractivity contribution in [3.8, 4) is 5.75 Å². The zero-order chi connectivity index (χ0) is 18.0.